The maximum Gasteiger partial charge on any atom is 0.339 e. The number of hydrogen-bond acceptors (Lipinski definition) is 2. The van der Waals surface area contributed by atoms with Crippen molar-refractivity contribution in [2.24, 2.45) is 5.92 Å². The summed E-state index contributed by atoms with van der Waals surface area (Å²) in [5.74, 6) is 0.349. The number of rotatable bonds is 5. The highest BCUT2D eigenvalue weighted by Crippen LogP contribution is 2.34. The van der Waals surface area contributed by atoms with Gasteiger partial charge in [0.2, 0.25) is 0 Å². The van der Waals surface area contributed by atoms with Gasteiger partial charge < -0.3 is 9.84 Å². The van der Waals surface area contributed by atoms with Crippen molar-refractivity contribution in [2.45, 2.75) is 19.3 Å². The van der Waals surface area contributed by atoms with E-state index in [0.29, 0.717) is 12.4 Å². The fourth-order valence-corrected chi connectivity index (χ4v) is 2.30. The van der Waals surface area contributed by atoms with Crippen molar-refractivity contribution in [2.75, 3.05) is 6.61 Å². The van der Waals surface area contributed by atoms with Gasteiger partial charge >= 0.3 is 5.97 Å². The fourth-order valence-electron chi connectivity index (χ4n) is 2.30. The predicted molar refractivity (Wildman–Crippen MR) is 73.7 cm³/mol. The van der Waals surface area contributed by atoms with Gasteiger partial charge in [0.1, 0.15) is 11.3 Å². The molecule has 98 valence electrons. The summed E-state index contributed by atoms with van der Waals surface area (Å²) in [6, 6.07) is 11.2. The smallest absolute Gasteiger partial charge is 0.339 e. The normalized spacial score (nSPS) is 14.5. The molecule has 0 radical (unpaired) electrons. The molecule has 0 atom stereocenters. The molecule has 2 aromatic rings. The third-order valence-corrected chi connectivity index (χ3v) is 3.58. The van der Waals surface area contributed by atoms with Gasteiger partial charge in [-0.1, -0.05) is 43.2 Å². The van der Waals surface area contributed by atoms with Crippen LogP contribution in [0.3, 0.4) is 0 Å². The Kier molecular flexibility index (Phi) is 3.11. The number of carbonyl (C=O) groups is 1. The van der Waals surface area contributed by atoms with Crippen LogP contribution >= 0.6 is 0 Å². The summed E-state index contributed by atoms with van der Waals surface area (Å²) < 4.78 is 5.78. The van der Waals surface area contributed by atoms with Crippen LogP contribution in [0.1, 0.15) is 29.6 Å². The Morgan fingerprint density at radius 2 is 2.00 bits per heavy atom. The average Bonchev–Trinajstić information content (AvgIpc) is 3.22. The van der Waals surface area contributed by atoms with Gasteiger partial charge in [0.05, 0.1) is 6.61 Å². The van der Waals surface area contributed by atoms with Gasteiger partial charge in [-0.05, 0) is 23.8 Å². The Bertz CT molecular complexity index is 614. The van der Waals surface area contributed by atoms with E-state index in [1.54, 1.807) is 6.07 Å². The first-order valence-corrected chi connectivity index (χ1v) is 6.63. The molecule has 0 amide bonds. The van der Waals surface area contributed by atoms with Crippen molar-refractivity contribution >= 4 is 16.7 Å². The average molecular weight is 256 g/mol. The second-order valence-electron chi connectivity index (χ2n) is 5.05. The van der Waals surface area contributed by atoms with Crippen LogP contribution in [-0.4, -0.2) is 17.7 Å². The SMILES string of the molecule is O=C(O)c1ccc2ccccc2c1OCCC1CC1. The molecule has 1 N–H and O–H groups in total. The van der Waals surface area contributed by atoms with Gasteiger partial charge in [-0.15, -0.1) is 0 Å². The summed E-state index contributed by atoms with van der Waals surface area (Å²) in [5.41, 5.74) is 0.245. The highest BCUT2D eigenvalue weighted by atomic mass is 16.5. The zero-order valence-electron chi connectivity index (χ0n) is 10.6. The van der Waals surface area contributed by atoms with E-state index in [9.17, 15) is 9.90 Å². The second kappa shape index (κ2) is 4.92. The Balaban J connectivity index is 1.95. The molecule has 19 heavy (non-hydrogen) atoms. The molecule has 3 heteroatoms. The van der Waals surface area contributed by atoms with Gasteiger partial charge in [-0.3, -0.25) is 0 Å². The minimum atomic E-state index is -0.938. The maximum atomic E-state index is 11.3. The van der Waals surface area contributed by atoms with E-state index in [1.807, 2.05) is 30.3 Å². The lowest BCUT2D eigenvalue weighted by molar-refractivity contribution is 0.0692. The van der Waals surface area contributed by atoms with Crippen molar-refractivity contribution in [3.63, 3.8) is 0 Å². The van der Waals surface area contributed by atoms with Gasteiger partial charge in [0.15, 0.2) is 0 Å². The van der Waals surface area contributed by atoms with Crippen molar-refractivity contribution in [3.05, 3.63) is 42.0 Å². The van der Waals surface area contributed by atoms with Crippen molar-refractivity contribution < 1.29 is 14.6 Å². The lowest BCUT2D eigenvalue weighted by Gasteiger charge is -2.12. The standard InChI is InChI=1S/C16H16O3/c17-16(18)14-8-7-12-3-1-2-4-13(12)15(14)19-10-9-11-5-6-11/h1-4,7-8,11H,5-6,9-10H2,(H,17,18). The zero-order chi connectivity index (χ0) is 13.2. The summed E-state index contributed by atoms with van der Waals surface area (Å²) >= 11 is 0. The molecule has 3 rings (SSSR count). The van der Waals surface area contributed by atoms with E-state index in [4.69, 9.17) is 4.74 Å². The summed E-state index contributed by atoms with van der Waals surface area (Å²) in [6.07, 6.45) is 3.58. The molecule has 2 aromatic carbocycles. The van der Waals surface area contributed by atoms with Crippen LogP contribution in [0.2, 0.25) is 0 Å². The van der Waals surface area contributed by atoms with Crippen LogP contribution < -0.4 is 4.74 Å². The number of carboxylic acid groups (broad SMARTS) is 1. The van der Waals surface area contributed by atoms with Crippen LogP contribution in [-0.2, 0) is 0 Å². The van der Waals surface area contributed by atoms with Crippen LogP contribution in [0.15, 0.2) is 36.4 Å². The van der Waals surface area contributed by atoms with E-state index < -0.39 is 5.97 Å². The van der Waals surface area contributed by atoms with E-state index in [-0.39, 0.29) is 5.56 Å². The molecule has 0 bridgehead atoms. The molecule has 1 aliphatic carbocycles. The third kappa shape index (κ3) is 2.55. The van der Waals surface area contributed by atoms with Crippen LogP contribution in [0, 0.1) is 5.92 Å². The largest absolute Gasteiger partial charge is 0.492 e. The summed E-state index contributed by atoms with van der Waals surface area (Å²) in [6.45, 7) is 0.596. The van der Waals surface area contributed by atoms with Gasteiger partial charge in [0.25, 0.3) is 0 Å². The monoisotopic (exact) mass is 256 g/mol. The van der Waals surface area contributed by atoms with Crippen molar-refractivity contribution in [1.82, 2.24) is 0 Å². The number of fused-ring (bicyclic) bond motifs is 1. The van der Waals surface area contributed by atoms with Crippen LogP contribution in [0.5, 0.6) is 5.75 Å². The highest BCUT2D eigenvalue weighted by Gasteiger charge is 2.21. The molecule has 1 fully saturated rings. The minimum absolute atomic E-state index is 0.245. The Labute approximate surface area is 111 Å². The summed E-state index contributed by atoms with van der Waals surface area (Å²) in [5, 5.41) is 11.1. The number of carboxylic acids is 1. The minimum Gasteiger partial charge on any atom is -0.492 e. The molecule has 0 spiro atoms. The van der Waals surface area contributed by atoms with Gasteiger partial charge in [-0.2, -0.15) is 0 Å². The quantitative estimate of drug-likeness (QED) is 0.886. The summed E-state index contributed by atoms with van der Waals surface area (Å²) in [4.78, 5) is 11.3. The van der Waals surface area contributed by atoms with E-state index in [2.05, 4.69) is 0 Å². The van der Waals surface area contributed by atoms with Gasteiger partial charge in [-0.25, -0.2) is 4.79 Å². The number of benzene rings is 2. The first-order chi connectivity index (χ1) is 9.25. The summed E-state index contributed by atoms with van der Waals surface area (Å²) in [7, 11) is 0. The highest BCUT2D eigenvalue weighted by molar-refractivity contribution is 6.00. The number of ether oxygens (including phenoxy) is 1. The molecule has 0 aromatic heterocycles. The molecule has 0 aliphatic heterocycles. The van der Waals surface area contributed by atoms with Gasteiger partial charge in [0, 0.05) is 5.39 Å². The number of hydrogen-bond donors (Lipinski definition) is 1. The van der Waals surface area contributed by atoms with Crippen molar-refractivity contribution in [1.29, 1.82) is 0 Å². The maximum absolute atomic E-state index is 11.3. The first kappa shape index (κ1) is 12.0. The predicted octanol–water partition coefficient (Wildman–Crippen LogP) is 3.72. The Morgan fingerprint density at radius 1 is 1.21 bits per heavy atom. The molecule has 0 unspecified atom stereocenters. The first-order valence-electron chi connectivity index (χ1n) is 6.63. The van der Waals surface area contributed by atoms with E-state index in [1.165, 1.54) is 12.8 Å². The molecule has 3 nitrogen and oxygen atoms in total. The van der Waals surface area contributed by atoms with E-state index >= 15 is 0 Å². The third-order valence-electron chi connectivity index (χ3n) is 3.58. The number of aromatic carboxylic acids is 1. The van der Waals surface area contributed by atoms with Crippen LogP contribution in [0.4, 0.5) is 0 Å². The topological polar surface area (TPSA) is 46.5 Å². The second-order valence-corrected chi connectivity index (χ2v) is 5.05. The van der Waals surface area contributed by atoms with Crippen LogP contribution in [0.25, 0.3) is 10.8 Å². The van der Waals surface area contributed by atoms with E-state index in [0.717, 1.165) is 23.1 Å². The fraction of sp³-hybridized carbons (Fsp3) is 0.312. The molecule has 0 heterocycles. The lowest BCUT2D eigenvalue weighted by atomic mass is 10.1. The Hall–Kier alpha value is -2.03. The molecular formula is C16H16O3. The zero-order valence-corrected chi connectivity index (χ0v) is 10.6. The lowest BCUT2D eigenvalue weighted by Crippen LogP contribution is -2.05. The molecular weight excluding hydrogens is 240 g/mol. The molecule has 1 aliphatic rings. The molecule has 1 saturated carbocycles. The molecule has 0 saturated heterocycles. The Morgan fingerprint density at radius 3 is 2.74 bits per heavy atom. The van der Waals surface area contributed by atoms with Crippen molar-refractivity contribution in [3.8, 4) is 5.75 Å².